The maximum Gasteiger partial charge on any atom is 0.298 e. The van der Waals surface area contributed by atoms with E-state index in [-0.39, 0.29) is 5.91 Å². The van der Waals surface area contributed by atoms with E-state index < -0.39 is 0 Å². The first-order valence-corrected chi connectivity index (χ1v) is 11.4. The van der Waals surface area contributed by atoms with Gasteiger partial charge < -0.3 is 19.5 Å². The minimum Gasteiger partial charge on any atom is -0.423 e. The fourth-order valence-corrected chi connectivity index (χ4v) is 4.33. The monoisotopic (exact) mass is 440 g/mol. The molecule has 5 rings (SSSR count). The van der Waals surface area contributed by atoms with Crippen molar-refractivity contribution in [3.8, 4) is 11.1 Å². The summed E-state index contributed by atoms with van der Waals surface area (Å²) in [6.45, 7) is 2.16. The summed E-state index contributed by atoms with van der Waals surface area (Å²) in [6.07, 6.45) is 2.19. The number of hydrogen-bond donors (Lipinski definition) is 1. The van der Waals surface area contributed by atoms with Crippen LogP contribution >= 0.6 is 0 Å². The van der Waals surface area contributed by atoms with Crippen molar-refractivity contribution in [3.05, 3.63) is 78.4 Å². The molecule has 0 saturated carbocycles. The third-order valence-electron chi connectivity index (χ3n) is 6.43. The molecule has 1 aliphatic rings. The van der Waals surface area contributed by atoms with Gasteiger partial charge in [0.15, 0.2) is 5.58 Å². The number of rotatable bonds is 5. The van der Waals surface area contributed by atoms with Gasteiger partial charge in [0.1, 0.15) is 5.52 Å². The predicted octanol–water partition coefficient (Wildman–Crippen LogP) is 5.28. The minimum atomic E-state index is -0.152. The number of nitrogens with one attached hydrogen (secondary N) is 1. The molecule has 0 atom stereocenters. The molecule has 1 fully saturated rings. The van der Waals surface area contributed by atoms with Gasteiger partial charge in [-0.05, 0) is 74.4 Å². The van der Waals surface area contributed by atoms with Crippen LogP contribution in [0.5, 0.6) is 0 Å². The Hall–Kier alpha value is -3.64. The molecule has 1 N–H and O–H groups in total. The van der Waals surface area contributed by atoms with Gasteiger partial charge in [0, 0.05) is 24.3 Å². The second-order valence-corrected chi connectivity index (χ2v) is 8.72. The summed E-state index contributed by atoms with van der Waals surface area (Å²) in [6, 6.07) is 24.4. The molecule has 1 aromatic heterocycles. The third kappa shape index (κ3) is 4.61. The van der Waals surface area contributed by atoms with Gasteiger partial charge in [0.25, 0.3) is 11.9 Å². The zero-order valence-corrected chi connectivity index (χ0v) is 19.0. The highest BCUT2D eigenvalue weighted by atomic mass is 16.4. The quantitative estimate of drug-likeness (QED) is 0.458. The number of carbonyl (C=O) groups excluding carboxylic acids is 1. The normalized spacial score (nSPS) is 15.0. The van der Waals surface area contributed by atoms with Crippen LogP contribution in [0.25, 0.3) is 22.2 Å². The number of benzene rings is 3. The van der Waals surface area contributed by atoms with E-state index in [1.807, 2.05) is 67.7 Å². The Labute approximate surface area is 193 Å². The Balaban J connectivity index is 1.28. The largest absolute Gasteiger partial charge is 0.423 e. The highest BCUT2D eigenvalue weighted by molar-refractivity contribution is 6.05. The summed E-state index contributed by atoms with van der Waals surface area (Å²) in [4.78, 5) is 22.0. The van der Waals surface area contributed by atoms with Crippen LogP contribution in [0, 0.1) is 0 Å². The van der Waals surface area contributed by atoms with Crippen molar-refractivity contribution in [1.82, 2.24) is 9.88 Å². The molecule has 0 unspecified atom stereocenters. The van der Waals surface area contributed by atoms with Gasteiger partial charge in [0.05, 0.1) is 0 Å². The number of likely N-dealkylation sites (tertiary alicyclic amines) is 1. The van der Waals surface area contributed by atoms with Gasteiger partial charge in [-0.15, -0.1) is 0 Å². The molecule has 1 amide bonds. The topological polar surface area (TPSA) is 61.6 Å². The van der Waals surface area contributed by atoms with Crippen LogP contribution in [0.15, 0.2) is 77.2 Å². The van der Waals surface area contributed by atoms with Crippen molar-refractivity contribution in [3.63, 3.8) is 0 Å². The van der Waals surface area contributed by atoms with E-state index in [2.05, 4.69) is 39.3 Å². The lowest BCUT2D eigenvalue weighted by atomic mass is 10.0. The molecule has 2 heterocycles. The van der Waals surface area contributed by atoms with E-state index in [0.717, 1.165) is 48.2 Å². The minimum absolute atomic E-state index is 0.152. The maximum absolute atomic E-state index is 12.8. The fourth-order valence-electron chi connectivity index (χ4n) is 4.33. The third-order valence-corrected chi connectivity index (χ3v) is 6.43. The Morgan fingerprint density at radius 1 is 1.00 bits per heavy atom. The van der Waals surface area contributed by atoms with Gasteiger partial charge in [0.2, 0.25) is 0 Å². The number of amides is 1. The van der Waals surface area contributed by atoms with Crippen molar-refractivity contribution in [2.24, 2.45) is 0 Å². The van der Waals surface area contributed by atoms with E-state index in [0.29, 0.717) is 23.3 Å². The molecule has 33 heavy (non-hydrogen) atoms. The zero-order chi connectivity index (χ0) is 22.8. The van der Waals surface area contributed by atoms with E-state index in [4.69, 9.17) is 4.42 Å². The molecule has 6 heteroatoms. The number of anilines is 2. The van der Waals surface area contributed by atoms with Crippen LogP contribution in [0.3, 0.4) is 0 Å². The number of carbonyl (C=O) groups is 1. The number of piperidine rings is 1. The lowest BCUT2D eigenvalue weighted by molar-refractivity contribution is 0.102. The van der Waals surface area contributed by atoms with Crippen molar-refractivity contribution in [2.75, 3.05) is 37.4 Å². The first kappa shape index (κ1) is 21.2. The number of aromatic nitrogens is 1. The smallest absolute Gasteiger partial charge is 0.298 e. The van der Waals surface area contributed by atoms with E-state index >= 15 is 0 Å². The summed E-state index contributed by atoms with van der Waals surface area (Å²) >= 11 is 0. The Morgan fingerprint density at radius 3 is 2.42 bits per heavy atom. The van der Waals surface area contributed by atoms with E-state index in [1.54, 1.807) is 0 Å². The van der Waals surface area contributed by atoms with Gasteiger partial charge in [-0.2, -0.15) is 4.98 Å². The molecule has 1 saturated heterocycles. The summed E-state index contributed by atoms with van der Waals surface area (Å²) in [5.74, 6) is -0.152. The summed E-state index contributed by atoms with van der Waals surface area (Å²) in [5.41, 5.74) is 4.97. The van der Waals surface area contributed by atoms with Crippen molar-refractivity contribution >= 4 is 28.7 Å². The molecule has 168 valence electrons. The van der Waals surface area contributed by atoms with Gasteiger partial charge in [-0.25, -0.2) is 0 Å². The highest BCUT2D eigenvalue weighted by Gasteiger charge is 2.24. The molecular weight excluding hydrogens is 412 g/mol. The zero-order valence-electron chi connectivity index (χ0n) is 19.0. The Morgan fingerprint density at radius 2 is 1.70 bits per heavy atom. The second kappa shape index (κ2) is 9.08. The van der Waals surface area contributed by atoms with Crippen molar-refractivity contribution in [1.29, 1.82) is 0 Å². The molecule has 0 aliphatic carbocycles. The van der Waals surface area contributed by atoms with Crippen LogP contribution in [-0.2, 0) is 0 Å². The number of fused-ring (bicyclic) bond motifs is 1. The van der Waals surface area contributed by atoms with Crippen LogP contribution in [0.1, 0.15) is 23.2 Å². The molecular formula is C27H28N4O2. The van der Waals surface area contributed by atoms with Crippen LogP contribution < -0.4 is 10.2 Å². The standard InChI is InChI=1S/C27H28N4O2/c1-30-16-14-23(15-17-30)31(2)27-29-24-18-22(12-13-25(24)33-27)28-26(32)21-10-8-20(9-11-21)19-6-4-3-5-7-19/h3-13,18,23H,14-17H2,1-2H3,(H,28,32). The summed E-state index contributed by atoms with van der Waals surface area (Å²) < 4.78 is 6.00. The number of nitrogens with zero attached hydrogens (tertiary/aromatic N) is 3. The van der Waals surface area contributed by atoms with Crippen LogP contribution in [0.4, 0.5) is 11.7 Å². The SMILES string of the molecule is CN1CCC(N(C)c2nc3cc(NC(=O)c4ccc(-c5ccccc5)cc4)ccc3o2)CC1. The number of oxazole rings is 1. The van der Waals surface area contributed by atoms with Gasteiger partial charge in [-0.3, -0.25) is 4.79 Å². The van der Waals surface area contributed by atoms with Gasteiger partial charge in [-0.1, -0.05) is 42.5 Å². The summed E-state index contributed by atoms with van der Waals surface area (Å²) in [7, 11) is 4.20. The van der Waals surface area contributed by atoms with Crippen LogP contribution in [-0.4, -0.2) is 49.0 Å². The van der Waals surface area contributed by atoms with Gasteiger partial charge >= 0.3 is 0 Å². The average molecular weight is 441 g/mol. The van der Waals surface area contributed by atoms with Crippen molar-refractivity contribution in [2.45, 2.75) is 18.9 Å². The lowest BCUT2D eigenvalue weighted by Crippen LogP contribution is -2.42. The molecule has 0 spiro atoms. The Kier molecular flexibility index (Phi) is 5.84. The fraction of sp³-hybridized carbons (Fsp3) is 0.259. The highest BCUT2D eigenvalue weighted by Crippen LogP contribution is 2.27. The van der Waals surface area contributed by atoms with Crippen LogP contribution in [0.2, 0.25) is 0 Å². The molecule has 6 nitrogen and oxygen atoms in total. The first-order valence-electron chi connectivity index (χ1n) is 11.4. The average Bonchev–Trinajstić information content (AvgIpc) is 3.28. The number of hydrogen-bond acceptors (Lipinski definition) is 5. The molecule has 1 aliphatic heterocycles. The van der Waals surface area contributed by atoms with E-state index in [9.17, 15) is 4.79 Å². The molecule has 0 bridgehead atoms. The maximum atomic E-state index is 12.8. The first-order chi connectivity index (χ1) is 16.1. The molecule has 4 aromatic rings. The van der Waals surface area contributed by atoms with Crippen molar-refractivity contribution < 1.29 is 9.21 Å². The van der Waals surface area contributed by atoms with E-state index in [1.165, 1.54) is 0 Å². The molecule has 3 aromatic carbocycles. The lowest BCUT2D eigenvalue weighted by Gasteiger charge is -2.34. The Bertz CT molecular complexity index is 1240. The predicted molar refractivity (Wildman–Crippen MR) is 133 cm³/mol. The summed E-state index contributed by atoms with van der Waals surface area (Å²) in [5, 5.41) is 2.98. The second-order valence-electron chi connectivity index (χ2n) is 8.72. The molecule has 0 radical (unpaired) electrons.